The van der Waals surface area contributed by atoms with Gasteiger partial charge in [0.15, 0.2) is 5.82 Å². The van der Waals surface area contributed by atoms with Gasteiger partial charge in [-0.05, 0) is 35.0 Å². The van der Waals surface area contributed by atoms with Crippen LogP contribution in [0.3, 0.4) is 0 Å². The summed E-state index contributed by atoms with van der Waals surface area (Å²) in [4.78, 5) is 9.12. The molecule has 0 fully saturated rings. The van der Waals surface area contributed by atoms with Crippen molar-refractivity contribution in [2.24, 2.45) is 0 Å². The highest BCUT2D eigenvalue weighted by molar-refractivity contribution is 9.10. The number of methoxy groups -OCH3 is 1. The van der Waals surface area contributed by atoms with Crippen LogP contribution in [0.25, 0.3) is 11.4 Å². The molecule has 0 aliphatic heterocycles. The lowest BCUT2D eigenvalue weighted by atomic mass is 10.2. The fraction of sp³-hybridized carbons (Fsp3) is 0.333. The summed E-state index contributed by atoms with van der Waals surface area (Å²) in [6.07, 6.45) is 0. The van der Waals surface area contributed by atoms with Gasteiger partial charge in [0.25, 0.3) is 0 Å². The van der Waals surface area contributed by atoms with Gasteiger partial charge in [0.2, 0.25) is 0 Å². The second-order valence-electron chi connectivity index (χ2n) is 4.27. The molecule has 2 aromatic rings. The zero-order chi connectivity index (χ0) is 15.2. The summed E-state index contributed by atoms with van der Waals surface area (Å²) < 4.78 is 11.7. The zero-order valence-corrected chi connectivity index (χ0v) is 13.9. The number of aromatic nitrogens is 2. The number of ether oxygens (including phenoxy) is 2. The number of nitrogens with one attached hydrogen (secondary N) is 1. The summed E-state index contributed by atoms with van der Waals surface area (Å²) in [6.45, 7) is 2.95. The summed E-state index contributed by atoms with van der Waals surface area (Å²) >= 11 is 3.50. The van der Waals surface area contributed by atoms with Crippen LogP contribution < -0.4 is 10.1 Å². The Bertz CT molecular complexity index is 620. The van der Waals surface area contributed by atoms with Crippen LogP contribution in [0.1, 0.15) is 12.6 Å². The van der Waals surface area contributed by atoms with E-state index in [1.165, 1.54) is 0 Å². The first-order valence-corrected chi connectivity index (χ1v) is 7.45. The first-order chi connectivity index (χ1) is 10.2. The average Bonchev–Trinajstić information content (AvgIpc) is 2.50. The van der Waals surface area contributed by atoms with Crippen molar-refractivity contribution < 1.29 is 9.47 Å². The standard InChI is InChI=1S/C15H18BrN3O2/c1-4-21-12-8-6-5-7-10(12)14-18-11(9-20-3)13(16)15(17-2)19-14/h5-8H,4,9H2,1-3H3,(H,17,18,19). The third-order valence-corrected chi connectivity index (χ3v) is 3.70. The van der Waals surface area contributed by atoms with E-state index < -0.39 is 0 Å². The van der Waals surface area contributed by atoms with Crippen LogP contribution in [0, 0.1) is 0 Å². The Morgan fingerprint density at radius 1 is 1.24 bits per heavy atom. The SMILES string of the molecule is CCOc1ccccc1-c1nc(COC)c(Br)c(NC)n1. The minimum atomic E-state index is 0.404. The van der Waals surface area contributed by atoms with Crippen LogP contribution >= 0.6 is 15.9 Å². The fourth-order valence-electron chi connectivity index (χ4n) is 1.94. The molecule has 0 spiro atoms. The molecule has 1 N–H and O–H groups in total. The van der Waals surface area contributed by atoms with Crippen molar-refractivity contribution >= 4 is 21.7 Å². The van der Waals surface area contributed by atoms with Crippen molar-refractivity contribution in [3.63, 3.8) is 0 Å². The van der Waals surface area contributed by atoms with Gasteiger partial charge >= 0.3 is 0 Å². The molecular formula is C15H18BrN3O2. The normalized spacial score (nSPS) is 10.5. The first kappa shape index (κ1) is 15.7. The molecule has 6 heteroatoms. The number of hydrogen-bond acceptors (Lipinski definition) is 5. The number of anilines is 1. The van der Waals surface area contributed by atoms with E-state index in [4.69, 9.17) is 9.47 Å². The first-order valence-electron chi connectivity index (χ1n) is 6.66. The van der Waals surface area contributed by atoms with E-state index >= 15 is 0 Å². The molecule has 1 heterocycles. The Balaban J connectivity index is 2.55. The van der Waals surface area contributed by atoms with Crippen LogP contribution in [-0.2, 0) is 11.3 Å². The van der Waals surface area contributed by atoms with E-state index in [0.29, 0.717) is 19.0 Å². The Labute approximate surface area is 132 Å². The van der Waals surface area contributed by atoms with Crippen molar-refractivity contribution in [3.05, 3.63) is 34.4 Å². The summed E-state index contributed by atoms with van der Waals surface area (Å²) in [5, 5.41) is 3.06. The summed E-state index contributed by atoms with van der Waals surface area (Å²) in [7, 11) is 3.46. The molecule has 1 aromatic carbocycles. The van der Waals surface area contributed by atoms with Crippen molar-refractivity contribution in [1.29, 1.82) is 0 Å². The van der Waals surface area contributed by atoms with Gasteiger partial charge in [-0.1, -0.05) is 12.1 Å². The van der Waals surface area contributed by atoms with Gasteiger partial charge in [0.05, 0.1) is 28.9 Å². The summed E-state index contributed by atoms with van der Waals surface area (Å²) in [5.41, 5.74) is 1.65. The second kappa shape index (κ2) is 7.38. The molecule has 112 valence electrons. The topological polar surface area (TPSA) is 56.3 Å². The molecule has 0 radical (unpaired) electrons. The molecule has 0 saturated heterocycles. The molecular weight excluding hydrogens is 334 g/mol. The van der Waals surface area contributed by atoms with Gasteiger partial charge in [0, 0.05) is 14.2 Å². The number of hydrogen-bond donors (Lipinski definition) is 1. The van der Waals surface area contributed by atoms with Crippen LogP contribution in [-0.4, -0.2) is 30.7 Å². The van der Waals surface area contributed by atoms with E-state index in [-0.39, 0.29) is 0 Å². The van der Waals surface area contributed by atoms with Crippen LogP contribution in [0.4, 0.5) is 5.82 Å². The predicted octanol–water partition coefficient (Wildman–Crippen LogP) is 3.49. The molecule has 21 heavy (non-hydrogen) atoms. The van der Waals surface area contributed by atoms with Gasteiger partial charge in [-0.25, -0.2) is 9.97 Å². The minimum Gasteiger partial charge on any atom is -0.493 e. The van der Waals surface area contributed by atoms with E-state index in [1.54, 1.807) is 7.11 Å². The summed E-state index contributed by atoms with van der Waals surface area (Å²) in [6, 6.07) is 7.74. The molecule has 5 nitrogen and oxygen atoms in total. The minimum absolute atomic E-state index is 0.404. The van der Waals surface area contributed by atoms with Gasteiger partial charge in [-0.15, -0.1) is 0 Å². The van der Waals surface area contributed by atoms with Crippen LogP contribution in [0.5, 0.6) is 5.75 Å². The van der Waals surface area contributed by atoms with Crippen molar-refractivity contribution in [2.45, 2.75) is 13.5 Å². The van der Waals surface area contributed by atoms with Crippen molar-refractivity contribution in [1.82, 2.24) is 9.97 Å². The molecule has 0 saturated carbocycles. The van der Waals surface area contributed by atoms with Crippen LogP contribution in [0.2, 0.25) is 0 Å². The number of para-hydroxylation sites is 1. The maximum Gasteiger partial charge on any atom is 0.165 e. The lowest BCUT2D eigenvalue weighted by molar-refractivity contribution is 0.181. The summed E-state index contributed by atoms with van der Waals surface area (Å²) in [5.74, 6) is 2.10. The molecule has 0 aliphatic carbocycles. The molecule has 0 amide bonds. The van der Waals surface area contributed by atoms with Gasteiger partial charge in [-0.3, -0.25) is 0 Å². The fourth-order valence-corrected chi connectivity index (χ4v) is 2.43. The smallest absolute Gasteiger partial charge is 0.165 e. The monoisotopic (exact) mass is 351 g/mol. The molecule has 0 atom stereocenters. The quantitative estimate of drug-likeness (QED) is 0.863. The van der Waals surface area contributed by atoms with Gasteiger partial charge in [-0.2, -0.15) is 0 Å². The Morgan fingerprint density at radius 3 is 2.67 bits per heavy atom. The second-order valence-corrected chi connectivity index (χ2v) is 5.06. The Kier molecular flexibility index (Phi) is 5.52. The molecule has 2 rings (SSSR count). The predicted molar refractivity (Wildman–Crippen MR) is 86.6 cm³/mol. The van der Waals surface area contributed by atoms with E-state index in [2.05, 4.69) is 31.2 Å². The zero-order valence-electron chi connectivity index (χ0n) is 12.3. The highest BCUT2D eigenvalue weighted by Crippen LogP contribution is 2.31. The van der Waals surface area contributed by atoms with E-state index in [1.807, 2.05) is 38.2 Å². The maximum absolute atomic E-state index is 5.65. The molecule has 0 unspecified atom stereocenters. The van der Waals surface area contributed by atoms with Crippen molar-refractivity contribution in [3.8, 4) is 17.1 Å². The third kappa shape index (κ3) is 3.51. The molecule has 0 bridgehead atoms. The van der Waals surface area contributed by atoms with E-state index in [0.717, 1.165) is 27.3 Å². The number of benzene rings is 1. The number of halogens is 1. The molecule has 0 aliphatic rings. The number of rotatable bonds is 6. The lowest BCUT2D eigenvalue weighted by Crippen LogP contribution is -2.05. The highest BCUT2D eigenvalue weighted by Gasteiger charge is 2.15. The average molecular weight is 352 g/mol. The van der Waals surface area contributed by atoms with Crippen molar-refractivity contribution in [2.75, 3.05) is 26.1 Å². The van der Waals surface area contributed by atoms with E-state index in [9.17, 15) is 0 Å². The number of nitrogens with zero attached hydrogens (tertiary/aromatic N) is 2. The Hall–Kier alpha value is -1.66. The third-order valence-electron chi connectivity index (χ3n) is 2.87. The highest BCUT2D eigenvalue weighted by atomic mass is 79.9. The van der Waals surface area contributed by atoms with Crippen LogP contribution in [0.15, 0.2) is 28.7 Å². The maximum atomic E-state index is 5.65. The Morgan fingerprint density at radius 2 is 2.00 bits per heavy atom. The van der Waals surface area contributed by atoms with Gasteiger partial charge in [0.1, 0.15) is 11.6 Å². The lowest BCUT2D eigenvalue weighted by Gasteiger charge is -2.13. The van der Waals surface area contributed by atoms with Gasteiger partial charge < -0.3 is 14.8 Å². The largest absolute Gasteiger partial charge is 0.493 e. The molecule has 1 aromatic heterocycles.